The van der Waals surface area contributed by atoms with E-state index in [9.17, 15) is 9.18 Å². The van der Waals surface area contributed by atoms with E-state index in [0.29, 0.717) is 11.9 Å². The van der Waals surface area contributed by atoms with Gasteiger partial charge in [0.2, 0.25) is 0 Å². The Bertz CT molecular complexity index is 466. The number of ether oxygens (including phenoxy) is 1. The number of nitrogens with two attached hydrogens (primary N) is 1. The van der Waals surface area contributed by atoms with Gasteiger partial charge in [0.1, 0.15) is 12.0 Å². The lowest BCUT2D eigenvalue weighted by Gasteiger charge is -2.22. The fourth-order valence-corrected chi connectivity index (χ4v) is 3.93. The Morgan fingerprint density at radius 3 is 2.58 bits per heavy atom. The first-order valence-corrected chi connectivity index (χ1v) is 8.79. The number of rotatable bonds is 6. The van der Waals surface area contributed by atoms with Gasteiger partial charge in [0.25, 0.3) is 0 Å². The Hall–Kier alpha value is -0.900. The second-order valence-electron chi connectivity index (χ2n) is 4.40. The third kappa shape index (κ3) is 4.94. The maximum Gasteiger partial charge on any atom is 0.331 e. The van der Waals surface area contributed by atoms with Gasteiger partial charge in [-0.15, -0.1) is 11.8 Å². The second-order valence-corrected chi connectivity index (χ2v) is 7.48. The number of hydrogen-bond acceptors (Lipinski definition) is 4. The van der Waals surface area contributed by atoms with Crippen LogP contribution >= 0.6 is 19.3 Å². The molecule has 0 bridgehead atoms. The SMILES string of the molecule is C=[P+](C)CC(N)(CSc1ccc(F)cc1)C(=O)OC. The van der Waals surface area contributed by atoms with Gasteiger partial charge in [-0.3, -0.25) is 0 Å². The van der Waals surface area contributed by atoms with Crippen LogP contribution in [-0.2, 0) is 9.53 Å². The molecule has 0 amide bonds. The Labute approximate surface area is 118 Å². The molecule has 0 saturated heterocycles. The van der Waals surface area contributed by atoms with E-state index >= 15 is 0 Å². The first kappa shape index (κ1) is 16.2. The van der Waals surface area contributed by atoms with Gasteiger partial charge in [-0.1, -0.05) is 0 Å². The molecule has 2 atom stereocenters. The van der Waals surface area contributed by atoms with E-state index in [-0.39, 0.29) is 5.82 Å². The number of benzene rings is 1. The van der Waals surface area contributed by atoms with Crippen molar-refractivity contribution >= 4 is 31.6 Å². The number of thioether (sulfide) groups is 1. The van der Waals surface area contributed by atoms with Crippen molar-refractivity contribution in [2.24, 2.45) is 5.73 Å². The van der Waals surface area contributed by atoms with Crippen LogP contribution in [0.2, 0.25) is 0 Å². The molecule has 1 aromatic carbocycles. The summed E-state index contributed by atoms with van der Waals surface area (Å²) in [5, 5.41) is 0. The van der Waals surface area contributed by atoms with Gasteiger partial charge in [0.15, 0.2) is 5.54 Å². The largest absolute Gasteiger partial charge is 0.468 e. The lowest BCUT2D eigenvalue weighted by molar-refractivity contribution is -0.145. The van der Waals surface area contributed by atoms with Crippen molar-refractivity contribution in [2.75, 3.05) is 25.7 Å². The van der Waals surface area contributed by atoms with Crippen molar-refractivity contribution in [3.63, 3.8) is 0 Å². The van der Waals surface area contributed by atoms with Crippen LogP contribution in [0.4, 0.5) is 4.39 Å². The first-order chi connectivity index (χ1) is 8.87. The zero-order chi connectivity index (χ0) is 14.5. The molecule has 0 radical (unpaired) electrons. The van der Waals surface area contributed by atoms with Crippen LogP contribution < -0.4 is 5.73 Å². The predicted octanol–water partition coefficient (Wildman–Crippen LogP) is 2.33. The van der Waals surface area contributed by atoms with Gasteiger partial charge in [-0.25, -0.2) is 9.18 Å². The summed E-state index contributed by atoms with van der Waals surface area (Å²) in [5.41, 5.74) is 5.09. The zero-order valence-electron chi connectivity index (χ0n) is 11.1. The quantitative estimate of drug-likeness (QED) is 0.498. The van der Waals surface area contributed by atoms with Crippen LogP contribution in [0.15, 0.2) is 29.2 Å². The van der Waals surface area contributed by atoms with E-state index in [1.165, 1.54) is 31.0 Å². The molecule has 19 heavy (non-hydrogen) atoms. The van der Waals surface area contributed by atoms with E-state index in [4.69, 9.17) is 10.5 Å². The van der Waals surface area contributed by atoms with Crippen molar-refractivity contribution in [1.82, 2.24) is 0 Å². The average Bonchev–Trinajstić information content (AvgIpc) is 2.36. The van der Waals surface area contributed by atoms with E-state index in [2.05, 4.69) is 6.30 Å². The Kier molecular flexibility index (Phi) is 5.98. The number of carbonyl (C=O) groups excluding carboxylic acids is 1. The summed E-state index contributed by atoms with van der Waals surface area (Å²) in [7, 11) is 0.766. The monoisotopic (exact) mass is 302 g/mol. The number of hydrogen-bond donors (Lipinski definition) is 1. The van der Waals surface area contributed by atoms with E-state index < -0.39 is 19.1 Å². The molecule has 0 heterocycles. The average molecular weight is 302 g/mol. The Balaban J connectivity index is 2.75. The van der Waals surface area contributed by atoms with Crippen molar-refractivity contribution in [2.45, 2.75) is 10.4 Å². The molecule has 0 saturated carbocycles. The van der Waals surface area contributed by atoms with Gasteiger partial charge < -0.3 is 10.5 Å². The summed E-state index contributed by atoms with van der Waals surface area (Å²) in [6.07, 6.45) is 4.43. The molecule has 1 rings (SSSR count). The predicted molar refractivity (Wildman–Crippen MR) is 80.9 cm³/mol. The second kappa shape index (κ2) is 7.04. The highest BCUT2D eigenvalue weighted by molar-refractivity contribution is 7.99. The third-order valence-electron chi connectivity index (χ3n) is 2.45. The molecule has 0 aromatic heterocycles. The normalized spacial score (nSPS) is 14.6. The molecule has 6 heteroatoms. The van der Waals surface area contributed by atoms with Crippen molar-refractivity contribution in [1.29, 1.82) is 0 Å². The van der Waals surface area contributed by atoms with Crippen LogP contribution in [0, 0.1) is 5.82 Å². The van der Waals surface area contributed by atoms with Gasteiger partial charge in [0, 0.05) is 10.6 Å². The minimum atomic E-state index is -1.05. The molecule has 3 nitrogen and oxygen atoms in total. The molecule has 0 fully saturated rings. The fourth-order valence-electron chi connectivity index (χ4n) is 1.60. The van der Waals surface area contributed by atoms with Crippen molar-refractivity contribution in [3.05, 3.63) is 30.1 Å². The van der Waals surface area contributed by atoms with Gasteiger partial charge in [-0.05, 0) is 24.3 Å². The topological polar surface area (TPSA) is 52.3 Å². The summed E-state index contributed by atoms with van der Waals surface area (Å²) in [5.74, 6) is -0.334. The highest BCUT2D eigenvalue weighted by Crippen LogP contribution is 2.28. The molecule has 2 unspecified atom stereocenters. The van der Waals surface area contributed by atoms with E-state index in [1.807, 2.05) is 6.66 Å². The minimum absolute atomic E-state index is 0.286. The zero-order valence-corrected chi connectivity index (χ0v) is 12.8. The maximum atomic E-state index is 12.8. The molecular weight excluding hydrogens is 284 g/mol. The molecule has 2 N–H and O–H groups in total. The van der Waals surface area contributed by atoms with E-state index in [1.54, 1.807) is 12.1 Å². The number of carbonyl (C=O) groups is 1. The Morgan fingerprint density at radius 1 is 1.53 bits per heavy atom. The smallest absolute Gasteiger partial charge is 0.331 e. The summed E-state index contributed by atoms with van der Waals surface area (Å²) < 4.78 is 17.6. The van der Waals surface area contributed by atoms with Crippen LogP contribution in [-0.4, -0.2) is 43.5 Å². The minimum Gasteiger partial charge on any atom is -0.468 e. The standard InChI is InChI=1S/C13H18FNO2PS/c1-17-12(16)13(15,8-18(2)3)9-19-11-6-4-10(14)5-7-11/h4-7H,2,8-9,15H2,1,3H3/q+1. The van der Waals surface area contributed by atoms with Crippen molar-refractivity contribution < 1.29 is 13.9 Å². The van der Waals surface area contributed by atoms with Crippen LogP contribution in [0.5, 0.6) is 0 Å². The fraction of sp³-hybridized carbons (Fsp3) is 0.385. The number of methoxy groups -OCH3 is 1. The lowest BCUT2D eigenvalue weighted by atomic mass is 10.1. The highest BCUT2D eigenvalue weighted by Gasteiger charge is 2.39. The molecule has 0 aliphatic rings. The summed E-state index contributed by atoms with van der Waals surface area (Å²) in [6, 6.07) is 6.09. The Morgan fingerprint density at radius 2 is 2.11 bits per heavy atom. The van der Waals surface area contributed by atoms with Crippen molar-refractivity contribution in [3.8, 4) is 0 Å². The third-order valence-corrected chi connectivity index (χ3v) is 4.82. The van der Waals surface area contributed by atoms with Gasteiger partial charge in [-0.2, -0.15) is 0 Å². The van der Waals surface area contributed by atoms with Crippen LogP contribution in [0.25, 0.3) is 0 Å². The molecule has 0 aliphatic heterocycles. The number of halogens is 1. The summed E-state index contributed by atoms with van der Waals surface area (Å²) >= 11 is 1.41. The first-order valence-electron chi connectivity index (χ1n) is 5.65. The van der Waals surface area contributed by atoms with Crippen LogP contribution in [0.1, 0.15) is 0 Å². The summed E-state index contributed by atoms with van der Waals surface area (Å²) in [6.45, 7) is 1.96. The maximum absolute atomic E-state index is 12.8. The van der Waals surface area contributed by atoms with Gasteiger partial charge in [0.05, 0.1) is 27.6 Å². The van der Waals surface area contributed by atoms with Gasteiger partial charge >= 0.3 is 5.97 Å². The molecule has 104 valence electrons. The molecule has 1 aromatic rings. The lowest BCUT2D eigenvalue weighted by Crippen LogP contribution is -2.53. The highest BCUT2D eigenvalue weighted by atomic mass is 32.2. The molecule has 0 aliphatic carbocycles. The van der Waals surface area contributed by atoms with Crippen LogP contribution in [0.3, 0.4) is 0 Å². The molecular formula is C13H18FNO2PS+. The summed E-state index contributed by atoms with van der Waals surface area (Å²) in [4.78, 5) is 12.7. The van der Waals surface area contributed by atoms with E-state index in [0.717, 1.165) is 4.90 Å². The number of esters is 1. The molecule has 0 spiro atoms.